The molecule has 4 aliphatic rings. The van der Waals surface area contributed by atoms with Crippen LogP contribution in [0.2, 0.25) is 0 Å². The number of phenolic OH excluding ortho intramolecular Hbond substituents is 1. The van der Waals surface area contributed by atoms with Crippen molar-refractivity contribution in [2.45, 2.75) is 55.5 Å². The number of imide groups is 1. The van der Waals surface area contributed by atoms with Gasteiger partial charge in [0.05, 0.1) is 17.6 Å². The summed E-state index contributed by atoms with van der Waals surface area (Å²) in [5, 5.41) is 23.7. The normalized spacial score (nSPS) is 23.7. The molecule has 288 valence electrons. The molecule has 0 radical (unpaired) electrons. The first kappa shape index (κ1) is 37.5. The molecule has 3 atom stereocenters. The lowest BCUT2D eigenvalue weighted by Gasteiger charge is -2.39. The molecule has 4 aliphatic heterocycles. The van der Waals surface area contributed by atoms with Crippen molar-refractivity contribution in [1.29, 1.82) is 0 Å². The number of urea groups is 1. The molecule has 4 fully saturated rings. The summed E-state index contributed by atoms with van der Waals surface area (Å²) in [5.74, 6) is -2.18. The van der Waals surface area contributed by atoms with Crippen LogP contribution in [0.1, 0.15) is 37.7 Å². The molecule has 0 bridgehead atoms. The Morgan fingerprint density at radius 1 is 1.07 bits per heavy atom. The molecule has 0 saturated carbocycles. The number of hydrogen-bond acceptors (Lipinski definition) is 9. The van der Waals surface area contributed by atoms with Gasteiger partial charge in [-0.15, -0.1) is 6.42 Å². The van der Waals surface area contributed by atoms with Gasteiger partial charge in [0.25, 0.3) is 5.91 Å². The lowest BCUT2D eigenvalue weighted by atomic mass is 9.89. The Labute approximate surface area is 308 Å². The molecule has 3 amide bonds. The number of halogens is 6. The zero-order valence-electron chi connectivity index (χ0n) is 28.8. The molecule has 4 aromatic rings. The minimum absolute atomic E-state index is 0.00951. The van der Waals surface area contributed by atoms with E-state index in [1.165, 1.54) is 30.3 Å². The average molecular weight is 771 g/mol. The van der Waals surface area contributed by atoms with Crippen LogP contribution in [-0.2, 0) is 9.59 Å². The number of carbonyl (C=O) groups excluding carboxylic acids is 2. The van der Waals surface area contributed by atoms with Crippen LogP contribution < -0.4 is 20.3 Å². The van der Waals surface area contributed by atoms with Crippen LogP contribution in [0.5, 0.6) is 11.8 Å². The van der Waals surface area contributed by atoms with Crippen LogP contribution in [0.15, 0.2) is 36.4 Å². The monoisotopic (exact) mass is 770 g/mol. The van der Waals surface area contributed by atoms with Gasteiger partial charge in [-0.2, -0.15) is 23.1 Å². The number of carboxylic acid groups (broad SMARTS) is 1. The summed E-state index contributed by atoms with van der Waals surface area (Å²) in [6, 6.07) is 7.79. The van der Waals surface area contributed by atoms with Crippen molar-refractivity contribution in [3.05, 3.63) is 53.6 Å². The average Bonchev–Trinajstić information content (AvgIpc) is 3.75. The molecule has 4 N–H and O–H groups in total. The third-order valence-electron chi connectivity index (χ3n) is 10.5. The highest BCUT2D eigenvalue weighted by molar-refractivity contribution is 6.08. The number of ether oxygens (including phenoxy) is 1. The highest BCUT2D eigenvalue weighted by Crippen LogP contribution is 2.43. The smallest absolute Gasteiger partial charge is 0.490 e. The summed E-state index contributed by atoms with van der Waals surface area (Å²) in [5.41, 5.74) is -1.72. The lowest BCUT2D eigenvalue weighted by Crippen LogP contribution is -2.58. The second-order valence-corrected chi connectivity index (χ2v) is 14.0. The van der Waals surface area contributed by atoms with E-state index in [-0.39, 0.29) is 52.5 Å². The van der Waals surface area contributed by atoms with Crippen LogP contribution in [0.3, 0.4) is 0 Å². The number of nitrogens with zero attached hydrogens (tertiary/aromatic N) is 4. The molecule has 1 aromatic heterocycles. The van der Waals surface area contributed by atoms with Gasteiger partial charge in [0, 0.05) is 35.8 Å². The number of rotatable bonds is 5. The number of carboxylic acids is 1. The van der Waals surface area contributed by atoms with Gasteiger partial charge in [0.1, 0.15) is 41.2 Å². The van der Waals surface area contributed by atoms with E-state index < -0.39 is 53.0 Å². The summed E-state index contributed by atoms with van der Waals surface area (Å²) >= 11 is 0. The van der Waals surface area contributed by atoms with Crippen LogP contribution in [0.25, 0.3) is 32.8 Å². The molecule has 4 saturated heterocycles. The fraction of sp³-hybridized carbons (Fsp3) is 0.378. The molecule has 1 unspecified atom stereocenters. The maximum Gasteiger partial charge on any atom is 0.490 e. The molecule has 5 heterocycles. The summed E-state index contributed by atoms with van der Waals surface area (Å²) in [7, 11) is 0. The molecular formula is C37H32F6N6O6. The van der Waals surface area contributed by atoms with E-state index >= 15 is 4.39 Å². The number of phenols is 1. The van der Waals surface area contributed by atoms with Gasteiger partial charge in [-0.25, -0.2) is 22.8 Å². The fourth-order valence-electron chi connectivity index (χ4n) is 8.12. The van der Waals surface area contributed by atoms with Crippen LogP contribution >= 0.6 is 0 Å². The van der Waals surface area contributed by atoms with E-state index in [0.717, 1.165) is 19.4 Å². The fourth-order valence-corrected chi connectivity index (χ4v) is 8.12. The molecule has 8 rings (SSSR count). The van der Waals surface area contributed by atoms with Crippen molar-refractivity contribution in [3.8, 4) is 35.2 Å². The predicted molar refractivity (Wildman–Crippen MR) is 185 cm³/mol. The number of anilines is 1. The largest absolute Gasteiger partial charge is 0.508 e. The number of terminal acetylenes is 1. The third-order valence-corrected chi connectivity index (χ3v) is 10.5. The number of benzene rings is 3. The molecule has 0 aliphatic carbocycles. The topological polar surface area (TPSA) is 157 Å². The van der Waals surface area contributed by atoms with Crippen molar-refractivity contribution in [3.63, 3.8) is 0 Å². The van der Waals surface area contributed by atoms with Crippen molar-refractivity contribution in [2.24, 2.45) is 0 Å². The van der Waals surface area contributed by atoms with E-state index in [9.17, 15) is 36.6 Å². The highest BCUT2D eigenvalue weighted by atomic mass is 19.4. The van der Waals surface area contributed by atoms with Crippen LogP contribution in [0, 0.1) is 24.0 Å². The van der Waals surface area contributed by atoms with Crippen molar-refractivity contribution < 1.29 is 55.7 Å². The highest BCUT2D eigenvalue weighted by Gasteiger charge is 2.51. The van der Waals surface area contributed by atoms with E-state index in [1.54, 1.807) is 11.0 Å². The Morgan fingerprint density at radius 3 is 2.51 bits per heavy atom. The standard InChI is InChI=1S/C35H31F3N6O4.C2HF3O2/c1-2-22-26(37)8-5-19-13-21(45)14-25(27(19)22)23-6-7-24-29(28(23)38)39-33(48-18-34-9-3-12-44(34)16-20(36)15-34)40-30(24)43-11-4-10-35(17-43)31(46)41-32(47)42-35;3-2(4,5)1(6)7/h1,5-8,13-14,20,45H,3-4,9-12,15-18H2,(H2,41,42,46,47);(H,6,7)/t20-,34+,35?;/m1./s1. The van der Waals surface area contributed by atoms with Crippen molar-refractivity contribution in [2.75, 3.05) is 37.7 Å². The SMILES string of the molecule is C#Cc1c(F)ccc2cc(O)cc(-c3ccc4c(N5CCCC6(C5)NC(=O)NC6=O)nc(OC[C@@]56CCCN5C[C@H](F)C6)nc4c3F)c12.O=C(O)C(F)(F)F. The Hall–Kier alpha value is -5.83. The Morgan fingerprint density at radius 2 is 1.82 bits per heavy atom. The first-order chi connectivity index (χ1) is 26.0. The van der Waals surface area contributed by atoms with Gasteiger partial charge in [0.2, 0.25) is 0 Å². The van der Waals surface area contributed by atoms with E-state index in [2.05, 4.69) is 26.4 Å². The van der Waals surface area contributed by atoms with Gasteiger partial charge >= 0.3 is 24.2 Å². The summed E-state index contributed by atoms with van der Waals surface area (Å²) < 4.78 is 84.2. The number of aliphatic carboxylic acids is 1. The quantitative estimate of drug-likeness (QED) is 0.121. The molecule has 18 heteroatoms. The number of nitrogens with one attached hydrogen (secondary N) is 2. The molecule has 12 nitrogen and oxygen atoms in total. The van der Waals surface area contributed by atoms with Gasteiger partial charge in [-0.05, 0) is 67.4 Å². The molecular weight excluding hydrogens is 738 g/mol. The Bertz CT molecular complexity index is 2300. The number of amides is 3. The van der Waals surface area contributed by atoms with Gasteiger partial charge in [-0.3, -0.25) is 15.0 Å². The Kier molecular flexibility index (Phi) is 9.40. The van der Waals surface area contributed by atoms with Crippen LogP contribution in [0.4, 0.5) is 37.0 Å². The van der Waals surface area contributed by atoms with Gasteiger partial charge in [-0.1, -0.05) is 18.1 Å². The minimum atomic E-state index is -5.08. The number of hydrogen-bond donors (Lipinski definition) is 4. The first-order valence-electron chi connectivity index (χ1n) is 17.2. The maximum absolute atomic E-state index is 16.9. The number of alkyl halides is 4. The zero-order chi connectivity index (χ0) is 39.4. The van der Waals surface area contributed by atoms with Crippen LogP contribution in [-0.4, -0.2) is 99.2 Å². The number of aromatic hydroxyl groups is 1. The number of fused-ring (bicyclic) bond motifs is 3. The van der Waals surface area contributed by atoms with E-state index in [4.69, 9.17) is 26.0 Å². The Balaban J connectivity index is 0.000000609. The lowest BCUT2D eigenvalue weighted by molar-refractivity contribution is -0.192. The van der Waals surface area contributed by atoms with Gasteiger partial charge in [0.15, 0.2) is 5.82 Å². The summed E-state index contributed by atoms with van der Waals surface area (Å²) in [6.07, 6.45) is 2.52. The van der Waals surface area contributed by atoms with Gasteiger partial charge < -0.3 is 25.2 Å². The number of carbonyl (C=O) groups is 3. The first-order valence-corrected chi connectivity index (χ1v) is 17.2. The molecule has 1 spiro atoms. The number of piperidine rings is 1. The summed E-state index contributed by atoms with van der Waals surface area (Å²) in [4.78, 5) is 47.0. The molecule has 55 heavy (non-hydrogen) atoms. The zero-order valence-corrected chi connectivity index (χ0v) is 28.8. The van der Waals surface area contributed by atoms with Crippen molar-refractivity contribution >= 4 is 45.4 Å². The minimum Gasteiger partial charge on any atom is -0.508 e. The second-order valence-electron chi connectivity index (χ2n) is 14.0. The maximum atomic E-state index is 16.9. The number of aromatic nitrogens is 2. The van der Waals surface area contributed by atoms with Crippen molar-refractivity contribution in [1.82, 2.24) is 25.5 Å². The second kappa shape index (κ2) is 13.8. The van der Waals surface area contributed by atoms with E-state index in [0.29, 0.717) is 48.9 Å². The third kappa shape index (κ3) is 6.77. The molecule has 3 aromatic carbocycles. The summed E-state index contributed by atoms with van der Waals surface area (Å²) in [6.45, 7) is 1.70. The van der Waals surface area contributed by atoms with E-state index in [1.807, 2.05) is 0 Å². The predicted octanol–water partition coefficient (Wildman–Crippen LogP) is 5.18.